The SMILES string of the molecule is CC1=NC(NC(C)C)(SN2CCCC2=O)N=C(NC(C)C)N1SN1CCCC1=O. The monoisotopic (exact) mass is 441 g/mol. The van der Waals surface area contributed by atoms with E-state index >= 15 is 0 Å². The van der Waals surface area contributed by atoms with Crippen molar-refractivity contribution in [3.8, 4) is 0 Å². The highest BCUT2D eigenvalue weighted by atomic mass is 32.2. The summed E-state index contributed by atoms with van der Waals surface area (Å²) in [7, 11) is 0. The molecule has 0 saturated carbocycles. The number of guanidine groups is 1. The van der Waals surface area contributed by atoms with Gasteiger partial charge >= 0.3 is 0 Å². The Hall–Kier alpha value is -1.46. The van der Waals surface area contributed by atoms with Gasteiger partial charge in [-0.05, 0) is 47.5 Å². The standard InChI is InChI=1S/C18H31N7O2S2/c1-12(2)19-17-22-18(20-13(3)4,28-23-10-6-8-15(23)26)21-14(5)25(17)29-24-11-7-9-16(24)27/h12-13,20H,6-11H2,1-5H3,(H,19,22). The maximum Gasteiger partial charge on any atom is 0.279 e. The van der Waals surface area contributed by atoms with Crippen LogP contribution in [0, 0.1) is 0 Å². The van der Waals surface area contributed by atoms with E-state index in [-0.39, 0.29) is 23.9 Å². The van der Waals surface area contributed by atoms with Crippen molar-refractivity contribution in [3.05, 3.63) is 0 Å². The van der Waals surface area contributed by atoms with Gasteiger partial charge in [0.2, 0.25) is 17.8 Å². The van der Waals surface area contributed by atoms with Crippen LogP contribution in [-0.4, -0.2) is 66.8 Å². The fourth-order valence-corrected chi connectivity index (χ4v) is 5.50. The number of hydrogen-bond donors (Lipinski definition) is 2. The van der Waals surface area contributed by atoms with E-state index < -0.39 is 5.12 Å². The summed E-state index contributed by atoms with van der Waals surface area (Å²) in [4.78, 5) is 34.2. The van der Waals surface area contributed by atoms with E-state index in [2.05, 4.69) is 10.6 Å². The molecule has 0 aliphatic carbocycles. The summed E-state index contributed by atoms with van der Waals surface area (Å²) in [6, 6.07) is 0.257. The largest absolute Gasteiger partial charge is 0.353 e. The summed E-state index contributed by atoms with van der Waals surface area (Å²) in [5.74, 6) is 1.59. The van der Waals surface area contributed by atoms with E-state index in [9.17, 15) is 9.59 Å². The lowest BCUT2D eigenvalue weighted by Crippen LogP contribution is -2.55. The topological polar surface area (TPSA) is 92.6 Å². The van der Waals surface area contributed by atoms with Crippen molar-refractivity contribution in [1.82, 2.24) is 23.5 Å². The molecule has 0 aromatic heterocycles. The minimum atomic E-state index is -1.03. The summed E-state index contributed by atoms with van der Waals surface area (Å²) in [6.07, 6.45) is 2.86. The number of nitrogens with zero attached hydrogens (tertiary/aromatic N) is 5. The van der Waals surface area contributed by atoms with Gasteiger partial charge in [-0.1, -0.05) is 0 Å². The number of carbonyl (C=O) groups excluding carboxylic acids is 2. The minimum absolute atomic E-state index is 0.111. The quantitative estimate of drug-likeness (QED) is 0.462. The molecule has 9 nitrogen and oxygen atoms in total. The maximum atomic E-state index is 12.3. The Labute approximate surface area is 181 Å². The Morgan fingerprint density at radius 1 is 0.966 bits per heavy atom. The predicted octanol–water partition coefficient (Wildman–Crippen LogP) is 2.14. The molecule has 3 aliphatic heterocycles. The molecular formula is C18H31N7O2S2. The predicted molar refractivity (Wildman–Crippen MR) is 119 cm³/mol. The number of rotatable bonds is 7. The van der Waals surface area contributed by atoms with Crippen LogP contribution in [0.1, 0.15) is 60.3 Å². The van der Waals surface area contributed by atoms with Crippen LogP contribution in [0.4, 0.5) is 0 Å². The number of amidine groups is 1. The first kappa shape index (κ1) is 22.2. The Balaban J connectivity index is 1.92. The van der Waals surface area contributed by atoms with Crippen LogP contribution in [0.3, 0.4) is 0 Å². The molecule has 0 radical (unpaired) electrons. The maximum absolute atomic E-state index is 12.3. The third-order valence-corrected chi connectivity index (χ3v) is 6.77. The summed E-state index contributed by atoms with van der Waals surface area (Å²) >= 11 is 2.67. The molecule has 1 unspecified atom stereocenters. The highest BCUT2D eigenvalue weighted by Crippen LogP contribution is 2.37. The van der Waals surface area contributed by atoms with Gasteiger partial charge in [0.05, 0.1) is 12.1 Å². The van der Waals surface area contributed by atoms with Crippen LogP contribution in [0.15, 0.2) is 9.98 Å². The van der Waals surface area contributed by atoms with Crippen molar-refractivity contribution in [3.63, 3.8) is 0 Å². The number of carbonyl (C=O) groups is 2. The average molecular weight is 442 g/mol. The lowest BCUT2D eigenvalue weighted by Gasteiger charge is -2.39. The number of hydrogen-bond acceptors (Lipinski definition) is 9. The highest BCUT2D eigenvalue weighted by molar-refractivity contribution is 7.99. The fraction of sp³-hybridized carbons (Fsp3) is 0.778. The number of nitrogens with one attached hydrogen (secondary N) is 2. The van der Waals surface area contributed by atoms with E-state index in [1.165, 1.54) is 24.1 Å². The van der Waals surface area contributed by atoms with Gasteiger partial charge in [0.15, 0.2) is 0 Å². The Kier molecular flexibility index (Phi) is 7.00. The normalized spacial score (nSPS) is 25.4. The molecule has 2 fully saturated rings. The van der Waals surface area contributed by atoms with Crippen molar-refractivity contribution in [2.45, 2.75) is 77.5 Å². The zero-order chi connectivity index (χ0) is 21.2. The van der Waals surface area contributed by atoms with Gasteiger partial charge in [-0.15, -0.1) is 0 Å². The number of amides is 2. The molecule has 0 aromatic carbocycles. The second kappa shape index (κ2) is 9.13. The Morgan fingerprint density at radius 3 is 2.10 bits per heavy atom. The molecule has 11 heteroatoms. The van der Waals surface area contributed by atoms with E-state index in [0.717, 1.165) is 18.7 Å². The third kappa shape index (κ3) is 5.37. The molecule has 3 rings (SSSR count). The van der Waals surface area contributed by atoms with Crippen molar-refractivity contribution in [1.29, 1.82) is 0 Å². The molecule has 0 aromatic rings. The first-order valence-electron chi connectivity index (χ1n) is 10.2. The molecule has 1 atom stereocenters. The lowest BCUT2D eigenvalue weighted by atomic mass is 10.4. The minimum Gasteiger partial charge on any atom is -0.353 e. The van der Waals surface area contributed by atoms with E-state index in [1.807, 2.05) is 38.9 Å². The second-order valence-corrected chi connectivity index (χ2v) is 10.1. The molecule has 2 amide bonds. The lowest BCUT2D eigenvalue weighted by molar-refractivity contribution is -0.124. The first-order chi connectivity index (χ1) is 13.7. The van der Waals surface area contributed by atoms with Crippen LogP contribution < -0.4 is 10.6 Å². The average Bonchev–Trinajstić information content (AvgIpc) is 3.18. The molecule has 2 N–H and O–H groups in total. The summed E-state index contributed by atoms with van der Waals surface area (Å²) < 4.78 is 5.39. The van der Waals surface area contributed by atoms with Crippen molar-refractivity contribution in [2.75, 3.05) is 13.1 Å². The van der Waals surface area contributed by atoms with Gasteiger partial charge in [0.25, 0.3) is 5.12 Å². The fourth-order valence-electron chi connectivity index (χ4n) is 3.27. The van der Waals surface area contributed by atoms with Gasteiger partial charge in [-0.25, -0.2) is 9.30 Å². The first-order valence-corrected chi connectivity index (χ1v) is 11.7. The molecule has 0 bridgehead atoms. The summed E-state index contributed by atoms with van der Waals surface area (Å²) in [6.45, 7) is 11.5. The highest BCUT2D eigenvalue weighted by Gasteiger charge is 2.42. The smallest absolute Gasteiger partial charge is 0.279 e. The molecule has 2 saturated heterocycles. The molecule has 29 heavy (non-hydrogen) atoms. The van der Waals surface area contributed by atoms with Crippen molar-refractivity contribution < 1.29 is 9.59 Å². The van der Waals surface area contributed by atoms with E-state index in [1.54, 1.807) is 8.61 Å². The van der Waals surface area contributed by atoms with Gasteiger partial charge in [0.1, 0.15) is 5.84 Å². The van der Waals surface area contributed by atoms with Gasteiger partial charge in [-0.2, -0.15) is 4.99 Å². The molecule has 3 heterocycles. The molecular weight excluding hydrogens is 410 g/mol. The Morgan fingerprint density at radius 2 is 1.59 bits per heavy atom. The Bertz CT molecular complexity index is 712. The molecule has 0 spiro atoms. The molecule has 3 aliphatic rings. The van der Waals surface area contributed by atoms with Crippen molar-refractivity contribution in [2.24, 2.45) is 9.98 Å². The van der Waals surface area contributed by atoms with Crippen LogP contribution in [-0.2, 0) is 9.59 Å². The zero-order valence-corrected chi connectivity index (χ0v) is 19.4. The van der Waals surface area contributed by atoms with Crippen LogP contribution in [0.5, 0.6) is 0 Å². The van der Waals surface area contributed by atoms with Crippen LogP contribution >= 0.6 is 24.1 Å². The third-order valence-electron chi connectivity index (χ3n) is 4.43. The van der Waals surface area contributed by atoms with Crippen LogP contribution in [0.2, 0.25) is 0 Å². The van der Waals surface area contributed by atoms with Crippen molar-refractivity contribution >= 4 is 47.7 Å². The van der Waals surface area contributed by atoms with Gasteiger partial charge in [-0.3, -0.25) is 23.5 Å². The van der Waals surface area contributed by atoms with Gasteiger partial charge in [0, 0.05) is 50.0 Å². The summed E-state index contributed by atoms with van der Waals surface area (Å²) in [5, 5.41) is 5.81. The number of aliphatic imine (C=N–C) groups is 2. The van der Waals surface area contributed by atoms with E-state index in [0.29, 0.717) is 31.9 Å². The summed E-state index contributed by atoms with van der Waals surface area (Å²) in [5.41, 5.74) is 0. The van der Waals surface area contributed by atoms with Crippen LogP contribution in [0.25, 0.3) is 0 Å². The molecule has 162 valence electrons. The van der Waals surface area contributed by atoms with Gasteiger partial charge < -0.3 is 5.32 Å². The van der Waals surface area contributed by atoms with E-state index in [4.69, 9.17) is 9.98 Å². The zero-order valence-electron chi connectivity index (χ0n) is 17.8. The second-order valence-electron chi connectivity index (χ2n) is 7.97.